The van der Waals surface area contributed by atoms with Crippen LogP contribution < -0.4 is 11.3 Å². The number of aromatic nitrogens is 1. The molecule has 88 valence electrons. The second-order valence-corrected chi connectivity index (χ2v) is 4.30. The molecule has 0 saturated carbocycles. The van der Waals surface area contributed by atoms with E-state index in [1.807, 2.05) is 38.1 Å². The lowest BCUT2D eigenvalue weighted by molar-refractivity contribution is 0.755. The topological polar surface area (TPSA) is 48.0 Å². The van der Waals surface area contributed by atoms with Gasteiger partial charge in [0, 0.05) is 12.3 Å². The monoisotopic (exact) mass is 228 g/mol. The van der Waals surface area contributed by atoms with Crippen molar-refractivity contribution in [1.82, 2.24) is 4.57 Å². The molecule has 17 heavy (non-hydrogen) atoms. The van der Waals surface area contributed by atoms with Crippen LogP contribution in [0.5, 0.6) is 0 Å². The fraction of sp³-hybridized carbons (Fsp3) is 0.214. The molecule has 0 radical (unpaired) electrons. The maximum atomic E-state index is 11.8. The van der Waals surface area contributed by atoms with Crippen LogP contribution in [0.25, 0.3) is 0 Å². The van der Waals surface area contributed by atoms with Gasteiger partial charge in [0.25, 0.3) is 5.56 Å². The predicted molar refractivity (Wildman–Crippen MR) is 70.1 cm³/mol. The Bertz CT molecular complexity index is 599. The highest BCUT2D eigenvalue weighted by molar-refractivity contribution is 5.43. The Morgan fingerprint density at radius 1 is 1.18 bits per heavy atom. The Balaban J connectivity index is 2.41. The van der Waals surface area contributed by atoms with Crippen LogP contribution in [0.2, 0.25) is 0 Å². The van der Waals surface area contributed by atoms with Crippen molar-refractivity contribution in [2.24, 2.45) is 0 Å². The second kappa shape index (κ2) is 4.45. The lowest BCUT2D eigenvalue weighted by Gasteiger charge is -2.10. The molecule has 0 aliphatic rings. The molecule has 0 amide bonds. The molecular formula is C14H16N2O. The largest absolute Gasteiger partial charge is 0.397 e. The summed E-state index contributed by atoms with van der Waals surface area (Å²) in [7, 11) is 0. The first-order valence-corrected chi connectivity index (χ1v) is 5.59. The molecule has 1 heterocycles. The molecule has 2 N–H and O–H groups in total. The zero-order valence-corrected chi connectivity index (χ0v) is 10.1. The first kappa shape index (κ1) is 11.5. The third-order valence-electron chi connectivity index (χ3n) is 2.98. The molecule has 0 aliphatic carbocycles. The number of nitrogens with two attached hydrogens (primary N) is 1. The van der Waals surface area contributed by atoms with Crippen LogP contribution in [0.3, 0.4) is 0 Å². The first-order valence-electron chi connectivity index (χ1n) is 5.59. The lowest BCUT2D eigenvalue weighted by atomic mass is 10.1. The second-order valence-electron chi connectivity index (χ2n) is 4.30. The van der Waals surface area contributed by atoms with Crippen LogP contribution in [0.1, 0.15) is 16.7 Å². The number of hydrogen-bond donors (Lipinski definition) is 1. The van der Waals surface area contributed by atoms with E-state index in [1.54, 1.807) is 16.8 Å². The van der Waals surface area contributed by atoms with Crippen LogP contribution in [-0.2, 0) is 6.54 Å². The van der Waals surface area contributed by atoms with Gasteiger partial charge < -0.3 is 10.3 Å². The molecule has 1 aromatic heterocycles. The SMILES string of the molecule is Cc1cc(=O)n(Cc2ccccc2C)cc1N. The highest BCUT2D eigenvalue weighted by Crippen LogP contribution is 2.10. The van der Waals surface area contributed by atoms with E-state index in [9.17, 15) is 4.79 Å². The highest BCUT2D eigenvalue weighted by atomic mass is 16.1. The summed E-state index contributed by atoms with van der Waals surface area (Å²) in [5.41, 5.74) is 9.60. The zero-order chi connectivity index (χ0) is 12.4. The van der Waals surface area contributed by atoms with Gasteiger partial charge in [-0.2, -0.15) is 0 Å². The molecule has 1 aromatic carbocycles. The van der Waals surface area contributed by atoms with Crippen LogP contribution in [0.15, 0.2) is 41.3 Å². The maximum Gasteiger partial charge on any atom is 0.251 e. The van der Waals surface area contributed by atoms with Crippen LogP contribution in [-0.4, -0.2) is 4.57 Å². The minimum absolute atomic E-state index is 0.0139. The van der Waals surface area contributed by atoms with Crippen molar-refractivity contribution in [3.63, 3.8) is 0 Å². The quantitative estimate of drug-likeness (QED) is 0.855. The molecule has 0 fully saturated rings. The van der Waals surface area contributed by atoms with Gasteiger partial charge in [0.1, 0.15) is 0 Å². The normalized spacial score (nSPS) is 10.5. The van der Waals surface area contributed by atoms with Crippen molar-refractivity contribution in [3.05, 3.63) is 63.6 Å². The zero-order valence-electron chi connectivity index (χ0n) is 10.1. The summed E-state index contributed by atoms with van der Waals surface area (Å²) in [6, 6.07) is 9.61. The standard InChI is InChI=1S/C14H16N2O/c1-10-5-3-4-6-12(10)8-16-9-13(15)11(2)7-14(16)17/h3-7,9H,8,15H2,1-2H3. The number of pyridine rings is 1. The summed E-state index contributed by atoms with van der Waals surface area (Å²) < 4.78 is 1.64. The summed E-state index contributed by atoms with van der Waals surface area (Å²) >= 11 is 0. The van der Waals surface area contributed by atoms with E-state index in [4.69, 9.17) is 5.73 Å². The molecule has 3 heteroatoms. The van der Waals surface area contributed by atoms with Gasteiger partial charge in [0.05, 0.1) is 12.2 Å². The molecule has 3 nitrogen and oxygen atoms in total. The van der Waals surface area contributed by atoms with Gasteiger partial charge in [-0.1, -0.05) is 24.3 Å². The van der Waals surface area contributed by atoms with E-state index >= 15 is 0 Å². The van der Waals surface area contributed by atoms with Crippen molar-refractivity contribution >= 4 is 5.69 Å². The molecular weight excluding hydrogens is 212 g/mol. The molecule has 2 rings (SSSR count). The number of rotatable bonds is 2. The van der Waals surface area contributed by atoms with Gasteiger partial charge in [-0.25, -0.2) is 0 Å². The number of anilines is 1. The molecule has 0 unspecified atom stereocenters. The first-order chi connectivity index (χ1) is 8.08. The maximum absolute atomic E-state index is 11.8. The fourth-order valence-electron chi connectivity index (χ4n) is 1.78. The number of nitrogens with zero attached hydrogens (tertiary/aromatic N) is 1. The minimum Gasteiger partial charge on any atom is -0.397 e. The summed E-state index contributed by atoms with van der Waals surface area (Å²) in [6.45, 7) is 4.45. The molecule has 2 aromatic rings. The van der Waals surface area contributed by atoms with Crippen molar-refractivity contribution < 1.29 is 0 Å². The van der Waals surface area contributed by atoms with Gasteiger partial charge >= 0.3 is 0 Å². The molecule has 0 bridgehead atoms. The van der Waals surface area contributed by atoms with Crippen LogP contribution >= 0.6 is 0 Å². The highest BCUT2D eigenvalue weighted by Gasteiger charge is 2.03. The number of aryl methyl sites for hydroxylation is 2. The predicted octanol–water partition coefficient (Wildman–Crippen LogP) is 2.10. The van der Waals surface area contributed by atoms with E-state index < -0.39 is 0 Å². The molecule has 0 atom stereocenters. The number of nitrogen functional groups attached to an aromatic ring is 1. The fourth-order valence-corrected chi connectivity index (χ4v) is 1.78. The lowest BCUT2D eigenvalue weighted by Crippen LogP contribution is -2.21. The summed E-state index contributed by atoms with van der Waals surface area (Å²) in [5, 5.41) is 0. The van der Waals surface area contributed by atoms with Gasteiger partial charge in [-0.3, -0.25) is 4.79 Å². The van der Waals surface area contributed by atoms with Gasteiger partial charge in [-0.15, -0.1) is 0 Å². The van der Waals surface area contributed by atoms with Gasteiger partial charge in [-0.05, 0) is 30.5 Å². The Morgan fingerprint density at radius 2 is 1.88 bits per heavy atom. The van der Waals surface area contributed by atoms with Crippen molar-refractivity contribution in [2.75, 3.05) is 5.73 Å². The van der Waals surface area contributed by atoms with Crippen molar-refractivity contribution in [2.45, 2.75) is 20.4 Å². The van der Waals surface area contributed by atoms with Crippen LogP contribution in [0, 0.1) is 13.8 Å². The molecule has 0 saturated heterocycles. The smallest absolute Gasteiger partial charge is 0.251 e. The number of hydrogen-bond acceptors (Lipinski definition) is 2. The third-order valence-corrected chi connectivity index (χ3v) is 2.98. The molecule has 0 spiro atoms. The Labute approximate surface area is 101 Å². The van der Waals surface area contributed by atoms with E-state index in [2.05, 4.69) is 0 Å². The van der Waals surface area contributed by atoms with E-state index in [0.29, 0.717) is 12.2 Å². The van der Waals surface area contributed by atoms with Crippen LogP contribution in [0.4, 0.5) is 5.69 Å². The Morgan fingerprint density at radius 3 is 2.59 bits per heavy atom. The summed E-state index contributed by atoms with van der Waals surface area (Å²) in [6.07, 6.45) is 1.71. The van der Waals surface area contributed by atoms with Crippen molar-refractivity contribution in [1.29, 1.82) is 0 Å². The number of benzene rings is 1. The van der Waals surface area contributed by atoms with E-state index in [1.165, 1.54) is 5.56 Å². The van der Waals surface area contributed by atoms with Gasteiger partial charge in [0.15, 0.2) is 0 Å². The molecule has 0 aliphatic heterocycles. The van der Waals surface area contributed by atoms with Gasteiger partial charge in [0.2, 0.25) is 0 Å². The Kier molecular flexibility index (Phi) is 3.00. The third kappa shape index (κ3) is 2.38. The average Bonchev–Trinajstić information content (AvgIpc) is 2.29. The summed E-state index contributed by atoms with van der Waals surface area (Å²) in [4.78, 5) is 11.8. The Hall–Kier alpha value is -2.03. The summed E-state index contributed by atoms with van der Waals surface area (Å²) in [5.74, 6) is 0. The van der Waals surface area contributed by atoms with E-state index in [-0.39, 0.29) is 5.56 Å². The van der Waals surface area contributed by atoms with E-state index in [0.717, 1.165) is 11.1 Å². The average molecular weight is 228 g/mol. The van der Waals surface area contributed by atoms with Crippen molar-refractivity contribution in [3.8, 4) is 0 Å². The minimum atomic E-state index is -0.0139.